The van der Waals surface area contributed by atoms with Gasteiger partial charge in [-0.2, -0.15) is 0 Å². The molecule has 106 valence electrons. The molecule has 0 spiro atoms. The van der Waals surface area contributed by atoms with E-state index in [0.29, 0.717) is 6.54 Å². The van der Waals surface area contributed by atoms with Crippen LogP contribution >= 0.6 is 11.6 Å². The van der Waals surface area contributed by atoms with Crippen molar-refractivity contribution >= 4 is 11.6 Å². The molecule has 4 aliphatic rings. The van der Waals surface area contributed by atoms with E-state index in [-0.39, 0.29) is 48.0 Å². The maximum atomic E-state index is 11.4. The van der Waals surface area contributed by atoms with Crippen LogP contribution in [0, 0.1) is 20.2 Å². The van der Waals surface area contributed by atoms with E-state index in [1.807, 2.05) is 0 Å². The van der Waals surface area contributed by atoms with Crippen molar-refractivity contribution < 1.29 is 19.4 Å². The molecule has 1 saturated carbocycles. The summed E-state index contributed by atoms with van der Waals surface area (Å²) in [4.78, 5) is 22.0. The van der Waals surface area contributed by atoms with Crippen LogP contribution in [0.15, 0.2) is 0 Å². The lowest BCUT2D eigenvalue weighted by Crippen LogP contribution is -2.65. The Balaban J connectivity index is 2.10. The fraction of sp³-hybridized carbons (Fsp3) is 1.00. The first kappa shape index (κ1) is 13.0. The average molecular weight is 293 g/mol. The van der Waals surface area contributed by atoms with Gasteiger partial charge in [0, 0.05) is 9.85 Å². The molecule has 9 heteroatoms. The quantitative estimate of drug-likeness (QED) is 0.329. The highest BCUT2D eigenvalue weighted by atomic mass is 35.5. The number of nitrogens with zero attached hydrogens (tertiary/aromatic N) is 3. The van der Waals surface area contributed by atoms with Crippen LogP contribution in [0.1, 0.15) is 12.8 Å². The summed E-state index contributed by atoms with van der Waals surface area (Å²) in [5.74, 6) is 0. The van der Waals surface area contributed by atoms with Gasteiger partial charge in [-0.05, 0) is 0 Å². The van der Waals surface area contributed by atoms with Crippen molar-refractivity contribution in [2.24, 2.45) is 0 Å². The van der Waals surface area contributed by atoms with E-state index in [1.165, 1.54) is 0 Å². The van der Waals surface area contributed by atoms with Crippen LogP contribution in [0.5, 0.6) is 0 Å². The summed E-state index contributed by atoms with van der Waals surface area (Å²) >= 11 is 6.28. The van der Waals surface area contributed by atoms with Crippen molar-refractivity contribution in [3.63, 3.8) is 0 Å². The first-order chi connectivity index (χ1) is 8.82. The number of hydrogen-bond donors (Lipinski definition) is 1. The summed E-state index contributed by atoms with van der Waals surface area (Å²) in [5, 5.41) is 31.3. The van der Waals surface area contributed by atoms with Crippen LogP contribution in [0.4, 0.5) is 0 Å². The van der Waals surface area contributed by atoms with Gasteiger partial charge in [0.1, 0.15) is 19.0 Å². The van der Waals surface area contributed by atoms with E-state index in [2.05, 4.69) is 0 Å². The number of aliphatic hydroxyl groups excluding tert-OH is 1. The Kier molecular flexibility index (Phi) is 2.44. The lowest BCUT2D eigenvalue weighted by molar-refractivity contribution is -0.945. The Hall–Kier alpha value is -0.990. The van der Waals surface area contributed by atoms with Crippen LogP contribution in [0.3, 0.4) is 0 Å². The maximum absolute atomic E-state index is 11.4. The van der Waals surface area contributed by atoms with Crippen LogP contribution in [-0.2, 0) is 0 Å². The van der Waals surface area contributed by atoms with Gasteiger partial charge in [-0.15, -0.1) is 11.6 Å². The topological polar surface area (TPSA) is 107 Å². The number of quaternary nitrogens is 1. The second kappa shape index (κ2) is 3.56. The third-order valence-corrected chi connectivity index (χ3v) is 5.97. The third kappa shape index (κ3) is 1.31. The largest absolute Gasteiger partial charge is 0.391 e. The minimum Gasteiger partial charge on any atom is -0.391 e. The Morgan fingerprint density at radius 2 is 2.00 bits per heavy atom. The molecule has 3 saturated heterocycles. The van der Waals surface area contributed by atoms with Crippen molar-refractivity contribution in [1.82, 2.24) is 0 Å². The summed E-state index contributed by atoms with van der Waals surface area (Å²) in [6.45, 7) is 0.625. The number of hydrogen-bond acceptors (Lipinski definition) is 5. The molecular weight excluding hydrogens is 278 g/mol. The molecule has 4 fully saturated rings. The second-order valence-corrected chi connectivity index (χ2v) is 6.64. The number of nitro groups is 2. The molecule has 4 bridgehead atoms. The predicted octanol–water partition coefficient (Wildman–Crippen LogP) is -0.377. The number of rotatable bonds is 4. The minimum absolute atomic E-state index is 0.0872. The molecule has 8 nitrogen and oxygen atoms in total. The van der Waals surface area contributed by atoms with Crippen molar-refractivity contribution in [3.8, 4) is 0 Å². The molecule has 19 heavy (non-hydrogen) atoms. The van der Waals surface area contributed by atoms with Gasteiger partial charge in [0.15, 0.2) is 18.5 Å². The summed E-state index contributed by atoms with van der Waals surface area (Å²) < 4.78 is 0.229. The predicted molar refractivity (Wildman–Crippen MR) is 64.1 cm³/mol. The molecule has 3 heterocycles. The van der Waals surface area contributed by atoms with Gasteiger partial charge >= 0.3 is 0 Å². The molecule has 3 aliphatic heterocycles. The summed E-state index contributed by atoms with van der Waals surface area (Å²) in [6, 6.07) is -0.293. The number of aliphatic hydroxyl groups is 1. The molecule has 1 aliphatic carbocycles. The van der Waals surface area contributed by atoms with Gasteiger partial charge in [-0.3, -0.25) is 20.2 Å². The zero-order valence-corrected chi connectivity index (χ0v) is 11.0. The normalized spacial score (nSPS) is 50.6. The Morgan fingerprint density at radius 1 is 1.32 bits per heavy atom. The molecule has 0 aromatic rings. The lowest BCUT2D eigenvalue weighted by Gasteiger charge is -2.38. The van der Waals surface area contributed by atoms with E-state index in [1.54, 1.807) is 0 Å². The van der Waals surface area contributed by atoms with E-state index in [9.17, 15) is 25.3 Å². The van der Waals surface area contributed by atoms with Crippen LogP contribution in [0.25, 0.3) is 0 Å². The zero-order chi connectivity index (χ0) is 14.1. The minimum atomic E-state index is -1.41. The summed E-state index contributed by atoms with van der Waals surface area (Å²) in [7, 11) is 0. The molecule has 1 N–H and O–H groups in total. The summed E-state index contributed by atoms with van der Waals surface area (Å²) in [5.41, 5.74) is -2.65. The SMILES string of the molecule is O=[N+]([O-])C12CC3C(Cl)C([N+](=O)[O-])(C1)C[N+]3(CCO)C2. The standard InChI is InChI=1S/C10H15ClN3O5/c11-8-7-3-9(12(16)17)4-10(8,13(18)19)6-14(7,5-9)1-2-15/h7-8,15H,1-6H2/q+1. The van der Waals surface area contributed by atoms with E-state index < -0.39 is 21.4 Å². The highest BCUT2D eigenvalue weighted by Crippen LogP contribution is 2.58. The van der Waals surface area contributed by atoms with Crippen molar-refractivity contribution in [1.29, 1.82) is 0 Å². The lowest BCUT2D eigenvalue weighted by atomic mass is 9.72. The maximum Gasteiger partial charge on any atom is 0.298 e. The first-order valence-electron chi connectivity index (χ1n) is 6.22. The van der Waals surface area contributed by atoms with Gasteiger partial charge in [0.25, 0.3) is 11.1 Å². The van der Waals surface area contributed by atoms with Crippen LogP contribution < -0.4 is 0 Å². The third-order valence-electron chi connectivity index (χ3n) is 5.27. The fourth-order valence-electron chi connectivity index (χ4n) is 4.69. The average Bonchev–Trinajstić information content (AvgIpc) is 2.65. The molecule has 5 unspecified atom stereocenters. The van der Waals surface area contributed by atoms with Gasteiger partial charge in [0.05, 0.1) is 13.0 Å². The number of halogens is 1. The Labute approximate surface area is 113 Å². The van der Waals surface area contributed by atoms with Gasteiger partial charge in [-0.25, -0.2) is 0 Å². The van der Waals surface area contributed by atoms with Crippen LogP contribution in [-0.4, -0.2) is 68.2 Å². The highest BCUT2D eigenvalue weighted by molar-refractivity contribution is 6.22. The van der Waals surface area contributed by atoms with Gasteiger partial charge in [0.2, 0.25) is 0 Å². The number of piperidine rings is 1. The van der Waals surface area contributed by atoms with Crippen molar-refractivity contribution in [2.45, 2.75) is 35.3 Å². The van der Waals surface area contributed by atoms with E-state index in [0.717, 1.165) is 0 Å². The molecule has 0 aromatic carbocycles. The van der Waals surface area contributed by atoms with Crippen molar-refractivity contribution in [3.05, 3.63) is 20.2 Å². The Morgan fingerprint density at radius 3 is 2.53 bits per heavy atom. The molecule has 0 radical (unpaired) electrons. The smallest absolute Gasteiger partial charge is 0.298 e. The Bertz CT molecular complexity index is 476. The van der Waals surface area contributed by atoms with E-state index >= 15 is 0 Å². The van der Waals surface area contributed by atoms with Gasteiger partial charge < -0.3 is 9.59 Å². The summed E-state index contributed by atoms with van der Waals surface area (Å²) in [6.07, 6.45) is 0.194. The molecular formula is C10H15ClN3O5+. The zero-order valence-electron chi connectivity index (χ0n) is 10.2. The monoisotopic (exact) mass is 292 g/mol. The number of alkyl halides is 1. The van der Waals surface area contributed by atoms with E-state index in [4.69, 9.17) is 11.6 Å². The molecule has 0 amide bonds. The fourth-order valence-corrected chi connectivity index (χ4v) is 5.24. The molecule has 0 aromatic heterocycles. The van der Waals surface area contributed by atoms with Gasteiger partial charge in [-0.1, -0.05) is 0 Å². The highest BCUT2D eigenvalue weighted by Gasteiger charge is 2.85. The molecule has 4 rings (SSSR count). The van der Waals surface area contributed by atoms with Crippen molar-refractivity contribution in [2.75, 3.05) is 26.2 Å². The first-order valence-corrected chi connectivity index (χ1v) is 6.65. The second-order valence-electron chi connectivity index (χ2n) is 6.17. The van der Waals surface area contributed by atoms with Crippen LogP contribution in [0.2, 0.25) is 0 Å². The molecule has 5 atom stereocenters.